The number of hydrogen-bond acceptors (Lipinski definition) is 2. The monoisotopic (exact) mass is 128 g/mol. The van der Waals surface area contributed by atoms with Gasteiger partial charge in [-0.2, -0.15) is 0 Å². The van der Waals surface area contributed by atoms with Gasteiger partial charge in [0.05, 0.1) is 0 Å². The van der Waals surface area contributed by atoms with E-state index in [2.05, 4.69) is 17.4 Å². The fourth-order valence-corrected chi connectivity index (χ4v) is 1.43. The highest BCUT2D eigenvalue weighted by molar-refractivity contribution is 4.68. The summed E-state index contributed by atoms with van der Waals surface area (Å²) in [6.07, 6.45) is 4.10. The van der Waals surface area contributed by atoms with Crippen molar-refractivity contribution in [2.24, 2.45) is 0 Å². The summed E-state index contributed by atoms with van der Waals surface area (Å²) >= 11 is 0. The van der Waals surface area contributed by atoms with Crippen molar-refractivity contribution < 1.29 is 0 Å². The van der Waals surface area contributed by atoms with E-state index in [0.29, 0.717) is 0 Å². The van der Waals surface area contributed by atoms with Gasteiger partial charge in [-0.15, -0.1) is 0 Å². The molecule has 1 unspecified atom stereocenters. The van der Waals surface area contributed by atoms with E-state index in [1.165, 1.54) is 25.8 Å². The molecule has 1 N–H and O–H groups in total. The number of hydrazine groups is 1. The Kier molecular flexibility index (Phi) is 2.49. The first-order valence-electron chi connectivity index (χ1n) is 3.78. The first kappa shape index (κ1) is 7.03. The molecule has 0 aromatic carbocycles. The third-order valence-electron chi connectivity index (χ3n) is 2.09. The first-order valence-corrected chi connectivity index (χ1v) is 3.78. The van der Waals surface area contributed by atoms with Gasteiger partial charge in [0.25, 0.3) is 0 Å². The SMILES string of the molecule is CNN1CCCCC1C. The van der Waals surface area contributed by atoms with Crippen molar-refractivity contribution in [1.82, 2.24) is 10.4 Å². The van der Waals surface area contributed by atoms with Crippen molar-refractivity contribution >= 4 is 0 Å². The molecule has 0 aliphatic carbocycles. The maximum absolute atomic E-state index is 3.19. The van der Waals surface area contributed by atoms with Crippen molar-refractivity contribution in [2.75, 3.05) is 13.6 Å². The Morgan fingerprint density at radius 3 is 2.67 bits per heavy atom. The molecule has 0 aromatic rings. The summed E-state index contributed by atoms with van der Waals surface area (Å²) < 4.78 is 0. The Bertz CT molecular complexity index is 83.0. The van der Waals surface area contributed by atoms with E-state index in [1.807, 2.05) is 7.05 Å². The average molecular weight is 128 g/mol. The summed E-state index contributed by atoms with van der Waals surface area (Å²) in [5.74, 6) is 0. The molecular weight excluding hydrogens is 112 g/mol. The van der Waals surface area contributed by atoms with Crippen LogP contribution in [0.2, 0.25) is 0 Å². The zero-order valence-electron chi connectivity index (χ0n) is 6.35. The van der Waals surface area contributed by atoms with Gasteiger partial charge in [-0.25, -0.2) is 5.01 Å². The lowest BCUT2D eigenvalue weighted by Crippen LogP contribution is -2.45. The van der Waals surface area contributed by atoms with E-state index in [4.69, 9.17) is 0 Å². The summed E-state index contributed by atoms with van der Waals surface area (Å²) in [5.41, 5.74) is 3.19. The molecule has 54 valence electrons. The van der Waals surface area contributed by atoms with E-state index in [1.54, 1.807) is 0 Å². The fourth-order valence-electron chi connectivity index (χ4n) is 1.43. The van der Waals surface area contributed by atoms with Gasteiger partial charge in [-0.1, -0.05) is 6.42 Å². The molecule has 0 spiro atoms. The zero-order chi connectivity index (χ0) is 6.69. The topological polar surface area (TPSA) is 15.3 Å². The van der Waals surface area contributed by atoms with Crippen molar-refractivity contribution in [3.05, 3.63) is 0 Å². The Morgan fingerprint density at radius 1 is 1.44 bits per heavy atom. The summed E-state index contributed by atoms with van der Waals surface area (Å²) in [6.45, 7) is 3.49. The van der Waals surface area contributed by atoms with Crippen molar-refractivity contribution in [3.8, 4) is 0 Å². The van der Waals surface area contributed by atoms with Gasteiger partial charge in [0, 0.05) is 12.6 Å². The molecule has 1 atom stereocenters. The number of nitrogens with one attached hydrogen (secondary N) is 1. The minimum absolute atomic E-state index is 0.740. The van der Waals surface area contributed by atoms with Crippen molar-refractivity contribution in [3.63, 3.8) is 0 Å². The lowest BCUT2D eigenvalue weighted by Gasteiger charge is -2.32. The molecule has 1 fully saturated rings. The van der Waals surface area contributed by atoms with Crippen LogP contribution in [0.5, 0.6) is 0 Å². The second-order valence-corrected chi connectivity index (χ2v) is 2.76. The summed E-state index contributed by atoms with van der Waals surface area (Å²) in [7, 11) is 2.00. The lowest BCUT2D eigenvalue weighted by atomic mass is 10.1. The summed E-state index contributed by atoms with van der Waals surface area (Å²) in [6, 6.07) is 0.740. The van der Waals surface area contributed by atoms with Crippen LogP contribution in [0.3, 0.4) is 0 Å². The van der Waals surface area contributed by atoms with Gasteiger partial charge in [-0.3, -0.25) is 5.43 Å². The molecule has 9 heavy (non-hydrogen) atoms. The fraction of sp³-hybridized carbons (Fsp3) is 1.00. The molecule has 1 rings (SSSR count). The molecule has 0 bridgehead atoms. The van der Waals surface area contributed by atoms with E-state index in [9.17, 15) is 0 Å². The Hall–Kier alpha value is -0.0800. The maximum Gasteiger partial charge on any atom is 0.0215 e. The van der Waals surface area contributed by atoms with Crippen LogP contribution in [0.1, 0.15) is 26.2 Å². The van der Waals surface area contributed by atoms with Gasteiger partial charge < -0.3 is 0 Å². The lowest BCUT2D eigenvalue weighted by molar-refractivity contribution is 0.110. The second kappa shape index (κ2) is 3.18. The highest BCUT2D eigenvalue weighted by Gasteiger charge is 2.15. The maximum atomic E-state index is 3.19. The van der Waals surface area contributed by atoms with Crippen molar-refractivity contribution in [1.29, 1.82) is 0 Å². The molecular formula is C7H16N2. The molecule has 0 aromatic heterocycles. The Morgan fingerprint density at radius 2 is 2.22 bits per heavy atom. The first-order chi connectivity index (χ1) is 4.34. The van der Waals surface area contributed by atoms with Gasteiger partial charge in [0.2, 0.25) is 0 Å². The molecule has 1 aliphatic heterocycles. The number of piperidine rings is 1. The van der Waals surface area contributed by atoms with Gasteiger partial charge in [0.15, 0.2) is 0 Å². The molecule has 1 aliphatic rings. The highest BCUT2D eigenvalue weighted by Crippen LogP contribution is 2.12. The van der Waals surface area contributed by atoms with Crippen LogP contribution in [0.15, 0.2) is 0 Å². The highest BCUT2D eigenvalue weighted by atomic mass is 15.5. The minimum Gasteiger partial charge on any atom is -0.258 e. The summed E-state index contributed by atoms with van der Waals surface area (Å²) in [4.78, 5) is 0. The molecule has 2 heteroatoms. The standard InChI is InChI=1S/C7H16N2/c1-7-5-3-4-6-9(7)8-2/h7-8H,3-6H2,1-2H3. The largest absolute Gasteiger partial charge is 0.258 e. The van der Waals surface area contributed by atoms with E-state index in [-0.39, 0.29) is 0 Å². The zero-order valence-corrected chi connectivity index (χ0v) is 6.35. The van der Waals surface area contributed by atoms with Crippen molar-refractivity contribution in [2.45, 2.75) is 32.2 Å². The van der Waals surface area contributed by atoms with Crippen LogP contribution in [0.25, 0.3) is 0 Å². The van der Waals surface area contributed by atoms with Gasteiger partial charge >= 0.3 is 0 Å². The molecule has 0 saturated carbocycles. The van der Waals surface area contributed by atoms with Crippen LogP contribution in [0, 0.1) is 0 Å². The minimum atomic E-state index is 0.740. The van der Waals surface area contributed by atoms with Gasteiger partial charge in [-0.05, 0) is 26.8 Å². The number of nitrogens with zero attached hydrogens (tertiary/aromatic N) is 1. The van der Waals surface area contributed by atoms with Crippen LogP contribution >= 0.6 is 0 Å². The van der Waals surface area contributed by atoms with Gasteiger partial charge in [0.1, 0.15) is 0 Å². The predicted octanol–water partition coefficient (Wildman–Crippen LogP) is 0.995. The molecule has 1 heterocycles. The third kappa shape index (κ3) is 1.66. The molecule has 0 radical (unpaired) electrons. The molecule has 2 nitrogen and oxygen atoms in total. The number of rotatable bonds is 1. The van der Waals surface area contributed by atoms with E-state index in [0.717, 1.165) is 6.04 Å². The normalized spacial score (nSPS) is 30.7. The van der Waals surface area contributed by atoms with E-state index < -0.39 is 0 Å². The van der Waals surface area contributed by atoms with Crippen LogP contribution in [-0.4, -0.2) is 24.6 Å². The predicted molar refractivity (Wildman–Crippen MR) is 39.1 cm³/mol. The van der Waals surface area contributed by atoms with Crippen LogP contribution in [-0.2, 0) is 0 Å². The number of hydrogen-bond donors (Lipinski definition) is 1. The van der Waals surface area contributed by atoms with Crippen LogP contribution in [0.4, 0.5) is 0 Å². The smallest absolute Gasteiger partial charge is 0.0215 e. The third-order valence-corrected chi connectivity index (χ3v) is 2.09. The summed E-state index contributed by atoms with van der Waals surface area (Å²) in [5, 5.41) is 2.31. The quantitative estimate of drug-likeness (QED) is 0.566. The molecule has 0 amide bonds. The second-order valence-electron chi connectivity index (χ2n) is 2.76. The molecule has 1 saturated heterocycles. The van der Waals surface area contributed by atoms with Crippen LogP contribution < -0.4 is 5.43 Å². The Balaban J connectivity index is 2.30. The Labute approximate surface area is 57.2 Å². The average Bonchev–Trinajstić information content (AvgIpc) is 1.89. The van der Waals surface area contributed by atoms with E-state index >= 15 is 0 Å².